The van der Waals surface area contributed by atoms with Gasteiger partial charge >= 0.3 is 0 Å². The summed E-state index contributed by atoms with van der Waals surface area (Å²) in [6.07, 6.45) is 2.80. The van der Waals surface area contributed by atoms with Gasteiger partial charge in [0.05, 0.1) is 0 Å². The van der Waals surface area contributed by atoms with Crippen LogP contribution in [0.1, 0.15) is 11.3 Å². The summed E-state index contributed by atoms with van der Waals surface area (Å²) in [5.41, 5.74) is 7.64. The maximum absolute atomic E-state index is 5.37. The Labute approximate surface area is 85.4 Å². The Morgan fingerprint density at radius 3 is 2.42 bits per heavy atom. The molecule has 0 saturated heterocycles. The average molecular weight is 209 g/mol. The van der Waals surface area contributed by atoms with Crippen molar-refractivity contribution in [3.8, 4) is 0 Å². The molecule has 70 valence electrons. The highest BCUT2D eigenvalue weighted by Gasteiger charge is 1.89. The van der Waals surface area contributed by atoms with Crippen molar-refractivity contribution in [3.63, 3.8) is 0 Å². The van der Waals surface area contributed by atoms with Crippen molar-refractivity contribution >= 4 is 24.8 Å². The van der Waals surface area contributed by atoms with Crippen molar-refractivity contribution in [2.24, 2.45) is 5.73 Å². The lowest BCUT2D eigenvalue weighted by molar-refractivity contribution is 0.954. The molecule has 0 radical (unpaired) electrons. The van der Waals surface area contributed by atoms with Crippen LogP contribution in [0.3, 0.4) is 0 Å². The second kappa shape index (κ2) is 7.35. The van der Waals surface area contributed by atoms with Crippen LogP contribution in [-0.2, 0) is 6.42 Å². The lowest BCUT2D eigenvalue weighted by Gasteiger charge is -1.96. The normalized spacial score (nSPS) is 8.17. The van der Waals surface area contributed by atoms with Gasteiger partial charge in [-0.3, -0.25) is 4.98 Å². The van der Waals surface area contributed by atoms with Crippen LogP contribution in [-0.4, -0.2) is 11.5 Å². The molecule has 1 heterocycles. The number of aryl methyl sites for hydroxylation is 1. The first-order chi connectivity index (χ1) is 4.83. The second-order valence-electron chi connectivity index (χ2n) is 2.35. The topological polar surface area (TPSA) is 38.9 Å². The van der Waals surface area contributed by atoms with Crippen LogP contribution in [0.25, 0.3) is 0 Å². The van der Waals surface area contributed by atoms with Gasteiger partial charge in [0.1, 0.15) is 0 Å². The van der Waals surface area contributed by atoms with E-state index in [1.165, 1.54) is 5.56 Å². The molecule has 2 N–H and O–H groups in total. The quantitative estimate of drug-likeness (QED) is 0.805. The monoisotopic (exact) mass is 208 g/mol. The van der Waals surface area contributed by atoms with Gasteiger partial charge in [-0.25, -0.2) is 0 Å². The highest BCUT2D eigenvalue weighted by atomic mass is 35.5. The van der Waals surface area contributed by atoms with Gasteiger partial charge in [-0.1, -0.05) is 6.07 Å². The first-order valence-electron chi connectivity index (χ1n) is 3.44. The first kappa shape index (κ1) is 14.2. The van der Waals surface area contributed by atoms with Crippen LogP contribution in [0.4, 0.5) is 0 Å². The molecule has 0 aliphatic rings. The summed E-state index contributed by atoms with van der Waals surface area (Å²) in [5.74, 6) is 0. The zero-order valence-electron chi connectivity index (χ0n) is 6.99. The van der Waals surface area contributed by atoms with Crippen molar-refractivity contribution in [2.45, 2.75) is 13.3 Å². The minimum absolute atomic E-state index is 0. The molecule has 0 amide bonds. The van der Waals surface area contributed by atoms with Crippen molar-refractivity contribution < 1.29 is 0 Å². The molecule has 0 atom stereocenters. The van der Waals surface area contributed by atoms with Gasteiger partial charge < -0.3 is 5.73 Å². The Kier molecular flexibility index (Phi) is 8.71. The van der Waals surface area contributed by atoms with Crippen LogP contribution < -0.4 is 5.73 Å². The van der Waals surface area contributed by atoms with E-state index in [-0.39, 0.29) is 24.8 Å². The highest BCUT2D eigenvalue weighted by Crippen LogP contribution is 1.98. The molecule has 12 heavy (non-hydrogen) atoms. The second-order valence-corrected chi connectivity index (χ2v) is 2.35. The van der Waals surface area contributed by atoms with Gasteiger partial charge in [0.25, 0.3) is 0 Å². The van der Waals surface area contributed by atoms with E-state index in [2.05, 4.69) is 11.1 Å². The third kappa shape index (κ3) is 4.54. The Bertz CT molecular complexity index is 199. The van der Waals surface area contributed by atoms with Crippen LogP contribution in [0.2, 0.25) is 0 Å². The van der Waals surface area contributed by atoms with E-state index >= 15 is 0 Å². The van der Waals surface area contributed by atoms with E-state index in [1.807, 2.05) is 19.2 Å². The molecule has 0 bridgehead atoms. The molecule has 0 aliphatic heterocycles. The molecule has 0 aromatic carbocycles. The maximum Gasteiger partial charge on any atom is 0.0372 e. The molecular weight excluding hydrogens is 195 g/mol. The fourth-order valence-corrected chi connectivity index (χ4v) is 0.813. The number of hydrogen-bond acceptors (Lipinski definition) is 2. The van der Waals surface area contributed by atoms with Crippen LogP contribution >= 0.6 is 24.8 Å². The lowest BCUT2D eigenvalue weighted by Crippen LogP contribution is -2.02. The number of halogens is 2. The Balaban J connectivity index is 0. The van der Waals surface area contributed by atoms with E-state index in [9.17, 15) is 0 Å². The molecule has 2 nitrogen and oxygen atoms in total. The van der Waals surface area contributed by atoms with Crippen molar-refractivity contribution in [2.75, 3.05) is 6.54 Å². The van der Waals surface area contributed by atoms with Gasteiger partial charge in [0.2, 0.25) is 0 Å². The number of nitrogens with two attached hydrogens (primary N) is 1. The number of nitrogens with zero attached hydrogens (tertiary/aromatic N) is 1. The average Bonchev–Trinajstić information content (AvgIpc) is 1.95. The zero-order valence-corrected chi connectivity index (χ0v) is 8.62. The third-order valence-electron chi connectivity index (χ3n) is 1.41. The number of hydrogen-bond donors (Lipinski definition) is 1. The molecule has 0 fully saturated rings. The molecule has 1 rings (SSSR count). The molecule has 4 heteroatoms. The van der Waals surface area contributed by atoms with E-state index in [0.29, 0.717) is 6.54 Å². The number of rotatable bonds is 2. The van der Waals surface area contributed by atoms with E-state index in [0.717, 1.165) is 12.1 Å². The molecule has 1 aromatic rings. The van der Waals surface area contributed by atoms with Gasteiger partial charge in [0, 0.05) is 11.9 Å². The highest BCUT2D eigenvalue weighted by molar-refractivity contribution is 5.85. The largest absolute Gasteiger partial charge is 0.330 e. The summed E-state index contributed by atoms with van der Waals surface area (Å²) in [4.78, 5) is 4.14. The molecular formula is C8H14Cl2N2. The van der Waals surface area contributed by atoms with Crippen LogP contribution in [0, 0.1) is 6.92 Å². The van der Waals surface area contributed by atoms with Gasteiger partial charge in [-0.15, -0.1) is 24.8 Å². The lowest BCUT2D eigenvalue weighted by atomic mass is 10.2. The van der Waals surface area contributed by atoms with Crippen LogP contribution in [0.15, 0.2) is 18.3 Å². The predicted molar refractivity (Wildman–Crippen MR) is 56.2 cm³/mol. The number of aromatic nitrogens is 1. The van der Waals surface area contributed by atoms with Crippen LogP contribution in [0.5, 0.6) is 0 Å². The van der Waals surface area contributed by atoms with Crippen molar-refractivity contribution in [3.05, 3.63) is 29.6 Å². The minimum atomic E-state index is 0. The molecule has 0 spiro atoms. The Morgan fingerprint density at radius 2 is 2.00 bits per heavy atom. The summed E-state index contributed by atoms with van der Waals surface area (Å²) in [7, 11) is 0. The summed E-state index contributed by atoms with van der Waals surface area (Å²) in [6.45, 7) is 2.68. The maximum atomic E-state index is 5.37. The minimum Gasteiger partial charge on any atom is -0.330 e. The first-order valence-corrected chi connectivity index (χ1v) is 3.44. The number of pyridine rings is 1. The molecule has 1 aromatic heterocycles. The van der Waals surface area contributed by atoms with E-state index < -0.39 is 0 Å². The fourth-order valence-electron chi connectivity index (χ4n) is 0.813. The summed E-state index contributed by atoms with van der Waals surface area (Å²) in [5, 5.41) is 0. The zero-order chi connectivity index (χ0) is 7.40. The SMILES string of the molecule is Cc1ccc(CCN)cn1.Cl.Cl. The van der Waals surface area contributed by atoms with Gasteiger partial charge in [0.15, 0.2) is 0 Å². The van der Waals surface area contributed by atoms with Crippen molar-refractivity contribution in [1.82, 2.24) is 4.98 Å². The third-order valence-corrected chi connectivity index (χ3v) is 1.41. The van der Waals surface area contributed by atoms with E-state index in [1.54, 1.807) is 0 Å². The molecule has 0 unspecified atom stereocenters. The fraction of sp³-hybridized carbons (Fsp3) is 0.375. The summed E-state index contributed by atoms with van der Waals surface area (Å²) in [6, 6.07) is 4.07. The van der Waals surface area contributed by atoms with Crippen molar-refractivity contribution in [1.29, 1.82) is 0 Å². The molecule has 0 aliphatic carbocycles. The smallest absolute Gasteiger partial charge is 0.0372 e. The summed E-state index contributed by atoms with van der Waals surface area (Å²) < 4.78 is 0. The standard InChI is InChI=1S/C8H12N2.2ClH/c1-7-2-3-8(4-5-9)6-10-7;;/h2-3,6H,4-5,9H2,1H3;2*1H. The van der Waals surface area contributed by atoms with Gasteiger partial charge in [-0.2, -0.15) is 0 Å². The predicted octanol–water partition coefficient (Wildman–Crippen LogP) is 1.73. The Morgan fingerprint density at radius 1 is 1.33 bits per heavy atom. The summed E-state index contributed by atoms with van der Waals surface area (Å²) >= 11 is 0. The van der Waals surface area contributed by atoms with E-state index in [4.69, 9.17) is 5.73 Å². The Hall–Kier alpha value is -0.310. The van der Waals surface area contributed by atoms with Gasteiger partial charge in [-0.05, 0) is 31.5 Å². The molecule has 0 saturated carbocycles.